The maximum Gasteiger partial charge on any atom is 0.273 e. The Hall–Kier alpha value is -3.01. The molecule has 1 fully saturated rings. The Labute approximate surface area is 167 Å². The van der Waals surface area contributed by atoms with Gasteiger partial charge in [0.25, 0.3) is 5.91 Å². The highest BCUT2D eigenvalue weighted by Gasteiger charge is 2.30. The molecule has 1 saturated heterocycles. The monoisotopic (exact) mass is 401 g/mol. The summed E-state index contributed by atoms with van der Waals surface area (Å²) >= 11 is 1.49. The van der Waals surface area contributed by atoms with E-state index >= 15 is 0 Å². The number of nitrogens with zero attached hydrogens (tertiary/aromatic N) is 4. The van der Waals surface area contributed by atoms with E-state index < -0.39 is 5.91 Å². The van der Waals surface area contributed by atoms with Crippen LogP contribution in [0.15, 0.2) is 24.1 Å². The van der Waals surface area contributed by atoms with E-state index in [0.717, 1.165) is 23.4 Å². The number of aryl methyl sites for hydroxylation is 1. The van der Waals surface area contributed by atoms with Crippen LogP contribution in [0.4, 0.5) is 16.8 Å². The number of hydrogen-bond acceptors (Lipinski definition) is 8. The second-order valence-electron chi connectivity index (χ2n) is 6.68. The van der Waals surface area contributed by atoms with Gasteiger partial charge in [-0.05, 0) is 49.8 Å². The molecule has 9 nitrogen and oxygen atoms in total. The van der Waals surface area contributed by atoms with Gasteiger partial charge in [0.05, 0.1) is 5.00 Å². The third kappa shape index (κ3) is 4.28. The number of primary amides is 1. The predicted octanol–water partition coefficient (Wildman–Crippen LogP) is 2.06. The van der Waals surface area contributed by atoms with Crippen molar-refractivity contribution in [2.24, 2.45) is 5.73 Å². The van der Waals surface area contributed by atoms with Crippen LogP contribution < -0.4 is 16.4 Å². The molecule has 28 heavy (non-hydrogen) atoms. The van der Waals surface area contributed by atoms with E-state index in [1.165, 1.54) is 17.4 Å². The highest BCUT2D eigenvalue weighted by molar-refractivity contribution is 7.14. The van der Waals surface area contributed by atoms with Gasteiger partial charge in [-0.2, -0.15) is 4.98 Å². The Balaban J connectivity index is 1.82. The molecule has 1 aliphatic heterocycles. The molecular weight excluding hydrogens is 378 g/mol. The van der Waals surface area contributed by atoms with Crippen LogP contribution in [-0.2, 0) is 4.79 Å². The number of amides is 2. The third-order valence-corrected chi connectivity index (χ3v) is 5.62. The van der Waals surface area contributed by atoms with E-state index in [1.807, 2.05) is 25.3 Å². The van der Waals surface area contributed by atoms with Gasteiger partial charge >= 0.3 is 0 Å². The van der Waals surface area contributed by atoms with E-state index in [1.54, 1.807) is 4.90 Å². The molecule has 148 valence electrons. The van der Waals surface area contributed by atoms with Crippen molar-refractivity contribution in [2.45, 2.75) is 38.8 Å². The third-order valence-electron chi connectivity index (χ3n) is 4.65. The lowest BCUT2D eigenvalue weighted by Crippen LogP contribution is -2.51. The van der Waals surface area contributed by atoms with Crippen molar-refractivity contribution in [2.75, 3.05) is 17.2 Å². The summed E-state index contributed by atoms with van der Waals surface area (Å²) < 4.78 is 0. The molecule has 2 amide bonds. The van der Waals surface area contributed by atoms with Gasteiger partial charge in [-0.15, -0.1) is 21.5 Å². The molecule has 2 aromatic rings. The molecule has 4 N–H and O–H groups in total. The quantitative estimate of drug-likeness (QED) is 0.632. The number of carbonyl (C=O) groups excluding carboxylic acids is 2. The summed E-state index contributed by atoms with van der Waals surface area (Å²) in [5, 5.41) is 17.1. The van der Waals surface area contributed by atoms with Crippen LogP contribution in [0.1, 0.15) is 35.8 Å². The summed E-state index contributed by atoms with van der Waals surface area (Å²) in [5.74, 6) is -0.298. The number of rotatable bonds is 6. The summed E-state index contributed by atoms with van der Waals surface area (Å²) in [4.78, 5) is 29.9. The van der Waals surface area contributed by atoms with E-state index in [0.29, 0.717) is 6.54 Å². The van der Waals surface area contributed by atoms with Gasteiger partial charge in [-0.3, -0.25) is 9.59 Å². The number of anilines is 3. The molecule has 0 spiro atoms. The summed E-state index contributed by atoms with van der Waals surface area (Å²) in [6.45, 7) is 8.19. The molecule has 10 heteroatoms. The molecule has 0 saturated carbocycles. The summed E-state index contributed by atoms with van der Waals surface area (Å²) in [5.41, 5.74) is 6.47. The lowest BCUT2D eigenvalue weighted by molar-refractivity contribution is -0.129. The molecule has 3 heterocycles. The molecule has 3 rings (SSSR count). The van der Waals surface area contributed by atoms with Gasteiger partial charge in [0.1, 0.15) is 0 Å². The van der Waals surface area contributed by atoms with E-state index in [2.05, 4.69) is 32.4 Å². The molecule has 0 bridgehead atoms. The van der Waals surface area contributed by atoms with Crippen molar-refractivity contribution in [1.29, 1.82) is 0 Å². The summed E-state index contributed by atoms with van der Waals surface area (Å²) in [7, 11) is 0. The summed E-state index contributed by atoms with van der Waals surface area (Å²) in [6, 6.07) is 1.83. The van der Waals surface area contributed by atoms with E-state index in [4.69, 9.17) is 5.73 Å². The van der Waals surface area contributed by atoms with Gasteiger partial charge in [0, 0.05) is 18.6 Å². The zero-order chi connectivity index (χ0) is 20.3. The van der Waals surface area contributed by atoms with Crippen molar-refractivity contribution in [1.82, 2.24) is 20.1 Å². The molecule has 0 unspecified atom stereocenters. The number of thiophene rings is 1. The van der Waals surface area contributed by atoms with Crippen molar-refractivity contribution < 1.29 is 9.59 Å². The van der Waals surface area contributed by atoms with E-state index in [-0.39, 0.29) is 35.5 Å². The van der Waals surface area contributed by atoms with Crippen molar-refractivity contribution >= 4 is 39.9 Å². The topological polar surface area (TPSA) is 126 Å². The average Bonchev–Trinajstić information content (AvgIpc) is 3.07. The fourth-order valence-electron chi connectivity index (χ4n) is 3.18. The maximum absolute atomic E-state index is 12.0. The number of carbonyl (C=O) groups is 2. The van der Waals surface area contributed by atoms with Crippen molar-refractivity contribution in [3.63, 3.8) is 0 Å². The van der Waals surface area contributed by atoms with Crippen LogP contribution in [0.2, 0.25) is 0 Å². The normalized spacial score (nSPS) is 19.1. The Morgan fingerprint density at radius 3 is 2.86 bits per heavy atom. The Morgan fingerprint density at radius 1 is 1.43 bits per heavy atom. The number of nitrogens with two attached hydrogens (primary N) is 1. The Kier molecular flexibility index (Phi) is 5.88. The molecular formula is C18H23N7O2S. The molecule has 0 radical (unpaired) electrons. The standard InChI is InChI=1S/C18H23N7O2S/c1-4-14(26)25-7-5-6-12(11(25)3)20-18-22-17(15(16(19)27)23-24-18)21-13-8-10(2)9-28-13/h4,8-9,11-12H,1,5-7H2,2-3H3,(H2,19,27)(H2,20,21,22,24)/t11-,12-/m1/s1. The minimum Gasteiger partial charge on any atom is -0.364 e. The smallest absolute Gasteiger partial charge is 0.273 e. The Morgan fingerprint density at radius 2 is 2.21 bits per heavy atom. The van der Waals surface area contributed by atoms with Gasteiger partial charge in [-0.1, -0.05) is 6.58 Å². The fraction of sp³-hybridized carbons (Fsp3) is 0.389. The zero-order valence-electron chi connectivity index (χ0n) is 15.8. The lowest BCUT2D eigenvalue weighted by atomic mass is 9.97. The largest absolute Gasteiger partial charge is 0.364 e. The number of piperidine rings is 1. The number of hydrogen-bond donors (Lipinski definition) is 3. The van der Waals surface area contributed by atoms with Crippen LogP contribution in [0, 0.1) is 6.92 Å². The average molecular weight is 401 g/mol. The van der Waals surface area contributed by atoms with Crippen molar-refractivity contribution in [3.8, 4) is 0 Å². The second-order valence-corrected chi connectivity index (χ2v) is 7.59. The first-order valence-electron chi connectivity index (χ1n) is 8.95. The highest BCUT2D eigenvalue weighted by atomic mass is 32.1. The zero-order valence-corrected chi connectivity index (χ0v) is 16.6. The number of likely N-dealkylation sites (tertiary alicyclic amines) is 1. The van der Waals surface area contributed by atoms with Crippen LogP contribution >= 0.6 is 11.3 Å². The van der Waals surface area contributed by atoms with Crippen LogP contribution in [0.5, 0.6) is 0 Å². The first-order valence-corrected chi connectivity index (χ1v) is 9.83. The summed E-state index contributed by atoms with van der Waals surface area (Å²) in [6.07, 6.45) is 3.04. The minimum atomic E-state index is -0.712. The van der Waals surface area contributed by atoms with Crippen molar-refractivity contribution in [3.05, 3.63) is 35.4 Å². The highest BCUT2D eigenvalue weighted by Crippen LogP contribution is 2.26. The molecule has 1 aliphatic rings. The number of aromatic nitrogens is 3. The second kappa shape index (κ2) is 8.34. The molecule has 2 atom stereocenters. The van der Waals surface area contributed by atoms with Gasteiger partial charge in [0.15, 0.2) is 11.5 Å². The van der Waals surface area contributed by atoms with Gasteiger partial charge in [0.2, 0.25) is 11.9 Å². The molecule has 0 aromatic carbocycles. The minimum absolute atomic E-state index is 0.0308. The molecule has 2 aromatic heterocycles. The maximum atomic E-state index is 12.0. The van der Waals surface area contributed by atoms with E-state index in [9.17, 15) is 9.59 Å². The first-order chi connectivity index (χ1) is 13.4. The van der Waals surface area contributed by atoms with Crippen LogP contribution in [0.25, 0.3) is 0 Å². The lowest BCUT2D eigenvalue weighted by Gasteiger charge is -2.39. The van der Waals surface area contributed by atoms with Crippen LogP contribution in [0.3, 0.4) is 0 Å². The van der Waals surface area contributed by atoms with Gasteiger partial charge in [-0.25, -0.2) is 0 Å². The predicted molar refractivity (Wildman–Crippen MR) is 109 cm³/mol. The number of nitrogens with one attached hydrogen (secondary N) is 2. The Bertz CT molecular complexity index is 898. The SMILES string of the molecule is C=CC(=O)N1CCC[C@@H](Nc2nnc(C(N)=O)c(Nc3cc(C)cs3)n2)[C@H]1C. The van der Waals surface area contributed by atoms with Gasteiger partial charge < -0.3 is 21.3 Å². The molecule has 0 aliphatic carbocycles. The fourth-order valence-corrected chi connectivity index (χ4v) is 3.97. The van der Waals surface area contributed by atoms with Crippen LogP contribution in [-0.4, -0.2) is 50.5 Å². The first kappa shape index (κ1) is 19.7.